The molecular weight excluding hydrogens is 262 g/mol. The molecule has 0 saturated carbocycles. The zero-order valence-corrected chi connectivity index (χ0v) is 11.1. The Balaban J connectivity index is 2.16. The second-order valence-electron chi connectivity index (χ2n) is 4.54. The van der Waals surface area contributed by atoms with Gasteiger partial charge in [-0.2, -0.15) is 5.10 Å². The lowest BCUT2D eigenvalue weighted by Crippen LogP contribution is -2.34. The van der Waals surface area contributed by atoms with Gasteiger partial charge in [0, 0.05) is 13.1 Å². The van der Waals surface area contributed by atoms with Gasteiger partial charge in [0.1, 0.15) is 6.61 Å². The van der Waals surface area contributed by atoms with E-state index >= 15 is 0 Å². The van der Waals surface area contributed by atoms with Gasteiger partial charge in [0.25, 0.3) is 0 Å². The van der Waals surface area contributed by atoms with Gasteiger partial charge in [-0.25, -0.2) is 9.59 Å². The summed E-state index contributed by atoms with van der Waals surface area (Å²) in [7, 11) is 0. The van der Waals surface area contributed by atoms with E-state index in [1.54, 1.807) is 9.58 Å². The molecule has 0 aromatic carbocycles. The third-order valence-electron chi connectivity index (χ3n) is 3.07. The van der Waals surface area contributed by atoms with E-state index in [-0.39, 0.29) is 12.3 Å². The van der Waals surface area contributed by atoms with Gasteiger partial charge in [0.05, 0.1) is 12.2 Å². The van der Waals surface area contributed by atoms with Crippen LogP contribution < -0.4 is 0 Å². The zero-order chi connectivity index (χ0) is 14.5. The van der Waals surface area contributed by atoms with Crippen molar-refractivity contribution in [1.29, 1.82) is 0 Å². The third kappa shape index (κ3) is 3.17. The van der Waals surface area contributed by atoms with Crippen molar-refractivity contribution in [3.8, 4) is 0 Å². The Morgan fingerprint density at radius 3 is 2.90 bits per heavy atom. The second-order valence-corrected chi connectivity index (χ2v) is 4.54. The van der Waals surface area contributed by atoms with E-state index in [1.165, 1.54) is 12.1 Å². The average Bonchev–Trinajstić information content (AvgIpc) is 2.78. The molecule has 1 aliphatic heterocycles. The number of ether oxygens (including phenoxy) is 1. The molecule has 0 fully saturated rings. The summed E-state index contributed by atoms with van der Waals surface area (Å²) in [6, 6.07) is 1.50. The molecule has 1 aromatic heterocycles. The van der Waals surface area contributed by atoms with E-state index in [1.807, 2.05) is 0 Å². The second kappa shape index (κ2) is 6.23. The number of carbonyl (C=O) groups is 2. The summed E-state index contributed by atoms with van der Waals surface area (Å²) in [6.45, 7) is 5.21. The fourth-order valence-corrected chi connectivity index (χ4v) is 2.10. The van der Waals surface area contributed by atoms with E-state index in [9.17, 15) is 9.59 Å². The van der Waals surface area contributed by atoms with Crippen LogP contribution in [0.1, 0.15) is 29.0 Å². The minimum atomic E-state index is -1.06. The summed E-state index contributed by atoms with van der Waals surface area (Å²) < 4.78 is 6.67. The first-order valence-electron chi connectivity index (χ1n) is 6.44. The molecule has 2 heterocycles. The van der Waals surface area contributed by atoms with Crippen molar-refractivity contribution in [2.45, 2.75) is 25.9 Å². The molecule has 7 heteroatoms. The topological polar surface area (TPSA) is 84.7 Å². The quantitative estimate of drug-likeness (QED) is 0.847. The molecule has 7 nitrogen and oxygen atoms in total. The van der Waals surface area contributed by atoms with Crippen LogP contribution in [-0.4, -0.2) is 45.0 Å². The van der Waals surface area contributed by atoms with Crippen LogP contribution in [0.4, 0.5) is 4.79 Å². The third-order valence-corrected chi connectivity index (χ3v) is 3.07. The number of hydrogen-bond donors (Lipinski definition) is 1. The highest BCUT2D eigenvalue weighted by Gasteiger charge is 2.21. The Labute approximate surface area is 116 Å². The van der Waals surface area contributed by atoms with Gasteiger partial charge in [-0.15, -0.1) is 0 Å². The van der Waals surface area contributed by atoms with E-state index in [4.69, 9.17) is 9.84 Å². The molecule has 0 bridgehead atoms. The molecule has 2 rings (SSSR count). The van der Waals surface area contributed by atoms with Gasteiger partial charge < -0.3 is 14.7 Å². The Morgan fingerprint density at radius 2 is 2.20 bits per heavy atom. The maximum Gasteiger partial charge on any atom is 0.410 e. The van der Waals surface area contributed by atoms with E-state index in [0.717, 1.165) is 12.8 Å². The SMILES string of the molecule is C=CCOC(=O)N1CCCCn2nc(C(=O)O)cc2C1. The highest BCUT2D eigenvalue weighted by atomic mass is 16.6. The number of nitrogens with zero attached hydrogens (tertiary/aromatic N) is 3. The first-order valence-corrected chi connectivity index (χ1v) is 6.44. The van der Waals surface area contributed by atoms with Crippen molar-refractivity contribution >= 4 is 12.1 Å². The fourth-order valence-electron chi connectivity index (χ4n) is 2.10. The summed E-state index contributed by atoms with van der Waals surface area (Å²) in [6.07, 6.45) is 2.75. The molecule has 0 radical (unpaired) electrons. The van der Waals surface area contributed by atoms with Crippen LogP contribution in [0.5, 0.6) is 0 Å². The van der Waals surface area contributed by atoms with Crippen LogP contribution in [0.2, 0.25) is 0 Å². The lowest BCUT2D eigenvalue weighted by molar-refractivity contribution is 0.0689. The lowest BCUT2D eigenvalue weighted by atomic mass is 10.2. The number of carboxylic acid groups (broad SMARTS) is 1. The van der Waals surface area contributed by atoms with Crippen molar-refractivity contribution in [2.24, 2.45) is 0 Å². The van der Waals surface area contributed by atoms with Crippen LogP contribution in [0.15, 0.2) is 18.7 Å². The largest absolute Gasteiger partial charge is 0.476 e. The summed E-state index contributed by atoms with van der Waals surface area (Å²) >= 11 is 0. The van der Waals surface area contributed by atoms with Gasteiger partial charge in [0.2, 0.25) is 0 Å². The molecular formula is C13H17N3O4. The summed E-state index contributed by atoms with van der Waals surface area (Å²) in [5.41, 5.74) is 0.707. The van der Waals surface area contributed by atoms with Gasteiger partial charge in [-0.05, 0) is 18.9 Å². The minimum absolute atomic E-state index is 0.00121. The highest BCUT2D eigenvalue weighted by Crippen LogP contribution is 2.14. The van der Waals surface area contributed by atoms with Crippen molar-refractivity contribution in [2.75, 3.05) is 13.2 Å². The monoisotopic (exact) mass is 279 g/mol. The smallest absolute Gasteiger partial charge is 0.410 e. The predicted molar refractivity (Wildman–Crippen MR) is 70.4 cm³/mol. The molecule has 1 aromatic rings. The molecule has 1 amide bonds. The maximum atomic E-state index is 11.9. The summed E-state index contributed by atoms with van der Waals surface area (Å²) in [4.78, 5) is 24.4. The molecule has 0 aliphatic carbocycles. The van der Waals surface area contributed by atoms with Gasteiger partial charge >= 0.3 is 12.1 Å². The first-order chi connectivity index (χ1) is 9.61. The minimum Gasteiger partial charge on any atom is -0.476 e. The Hall–Kier alpha value is -2.31. The molecule has 0 unspecified atom stereocenters. The van der Waals surface area contributed by atoms with Crippen molar-refractivity contribution < 1.29 is 19.4 Å². The Bertz CT molecular complexity index is 524. The van der Waals surface area contributed by atoms with Gasteiger partial charge in [-0.3, -0.25) is 4.68 Å². The summed E-state index contributed by atoms with van der Waals surface area (Å²) in [5.74, 6) is -1.06. The lowest BCUT2D eigenvalue weighted by Gasteiger charge is -2.24. The summed E-state index contributed by atoms with van der Waals surface area (Å²) in [5, 5.41) is 13.0. The van der Waals surface area contributed by atoms with Crippen LogP contribution in [0.3, 0.4) is 0 Å². The molecule has 0 spiro atoms. The number of fused-ring (bicyclic) bond motifs is 1. The van der Waals surface area contributed by atoms with E-state index < -0.39 is 12.1 Å². The molecule has 1 aliphatic rings. The predicted octanol–water partition coefficient (Wildman–Crippen LogP) is 1.50. The number of aromatic carboxylic acids is 1. The number of aromatic nitrogens is 2. The first kappa shape index (κ1) is 14.1. The molecule has 20 heavy (non-hydrogen) atoms. The highest BCUT2D eigenvalue weighted by molar-refractivity contribution is 5.85. The van der Waals surface area contributed by atoms with E-state index in [2.05, 4.69) is 11.7 Å². The average molecular weight is 279 g/mol. The van der Waals surface area contributed by atoms with Crippen molar-refractivity contribution in [3.63, 3.8) is 0 Å². The number of amides is 1. The number of carboxylic acids is 1. The van der Waals surface area contributed by atoms with Crippen LogP contribution >= 0.6 is 0 Å². The number of aryl methyl sites for hydroxylation is 1. The van der Waals surface area contributed by atoms with Crippen LogP contribution in [0.25, 0.3) is 0 Å². The number of carbonyl (C=O) groups excluding carboxylic acids is 1. The van der Waals surface area contributed by atoms with Crippen molar-refractivity contribution in [3.05, 3.63) is 30.1 Å². The Morgan fingerprint density at radius 1 is 1.45 bits per heavy atom. The van der Waals surface area contributed by atoms with Crippen LogP contribution in [-0.2, 0) is 17.8 Å². The van der Waals surface area contributed by atoms with Crippen molar-refractivity contribution in [1.82, 2.24) is 14.7 Å². The van der Waals surface area contributed by atoms with Crippen LogP contribution in [0, 0.1) is 0 Å². The van der Waals surface area contributed by atoms with Gasteiger partial charge in [-0.1, -0.05) is 12.7 Å². The molecule has 0 atom stereocenters. The molecule has 1 N–H and O–H groups in total. The van der Waals surface area contributed by atoms with Gasteiger partial charge in [0.15, 0.2) is 5.69 Å². The fraction of sp³-hybridized carbons (Fsp3) is 0.462. The standard InChI is InChI=1S/C13H17N3O4/c1-2-7-20-13(19)15-5-3-4-6-16-10(9-15)8-11(14-16)12(17)18/h2,8H,1,3-7,9H2,(H,17,18). The zero-order valence-electron chi connectivity index (χ0n) is 11.1. The van der Waals surface area contributed by atoms with E-state index in [0.29, 0.717) is 25.3 Å². The molecule has 108 valence electrons. The number of rotatable bonds is 3. The maximum absolute atomic E-state index is 11.9. The number of hydrogen-bond acceptors (Lipinski definition) is 4. The normalized spacial score (nSPS) is 14.9. The molecule has 0 saturated heterocycles. The Kier molecular flexibility index (Phi) is 4.39.